The Labute approximate surface area is 109 Å². The zero-order chi connectivity index (χ0) is 13.8. The molecule has 0 radical (unpaired) electrons. The van der Waals surface area contributed by atoms with E-state index in [1.165, 1.54) is 6.20 Å². The minimum absolute atomic E-state index is 0.146. The topological polar surface area (TPSA) is 92.7 Å². The summed E-state index contributed by atoms with van der Waals surface area (Å²) in [6.07, 6.45) is 4.84. The number of H-pyrrole nitrogens is 1. The standard InChI is InChI=1S/C12H15N5O2/c1-3-8(10-4-5-14-17(10)2)16-12(19)9-6-13-7-11(18)15-9/h4-8H,3H2,1-2H3,(H,15,18)(H,16,19). The van der Waals surface area contributed by atoms with Gasteiger partial charge in [-0.05, 0) is 12.5 Å². The molecule has 0 fully saturated rings. The van der Waals surface area contributed by atoms with Crippen molar-refractivity contribution >= 4 is 5.91 Å². The van der Waals surface area contributed by atoms with Gasteiger partial charge in [0.15, 0.2) is 0 Å². The van der Waals surface area contributed by atoms with Crippen LogP contribution in [0, 0.1) is 0 Å². The third-order valence-electron chi connectivity index (χ3n) is 2.83. The Bertz CT molecular complexity index is 631. The minimum Gasteiger partial charge on any atom is -0.342 e. The molecule has 2 heterocycles. The van der Waals surface area contributed by atoms with Gasteiger partial charge in [0.1, 0.15) is 5.69 Å². The predicted octanol–water partition coefficient (Wildman–Crippen LogP) is 0.384. The molecule has 0 aliphatic rings. The van der Waals surface area contributed by atoms with Crippen molar-refractivity contribution < 1.29 is 4.79 Å². The molecule has 0 aromatic carbocycles. The maximum Gasteiger partial charge on any atom is 0.269 e. The minimum atomic E-state index is -0.402. The number of carbonyl (C=O) groups is 1. The van der Waals surface area contributed by atoms with Gasteiger partial charge < -0.3 is 10.3 Å². The van der Waals surface area contributed by atoms with Gasteiger partial charge in [0, 0.05) is 13.2 Å². The lowest BCUT2D eigenvalue weighted by Gasteiger charge is -2.17. The van der Waals surface area contributed by atoms with Crippen LogP contribution >= 0.6 is 0 Å². The molecule has 0 aliphatic heterocycles. The molecule has 2 aromatic heterocycles. The monoisotopic (exact) mass is 261 g/mol. The van der Waals surface area contributed by atoms with E-state index >= 15 is 0 Å². The van der Waals surface area contributed by atoms with Gasteiger partial charge in [0.25, 0.3) is 11.5 Å². The number of amides is 1. The summed E-state index contributed by atoms with van der Waals surface area (Å²) in [7, 11) is 1.82. The van der Waals surface area contributed by atoms with Crippen LogP contribution in [0.2, 0.25) is 0 Å². The van der Waals surface area contributed by atoms with Crippen LogP contribution in [0.5, 0.6) is 0 Å². The zero-order valence-corrected chi connectivity index (χ0v) is 10.8. The maximum absolute atomic E-state index is 12.0. The van der Waals surface area contributed by atoms with E-state index in [2.05, 4.69) is 20.4 Å². The molecule has 0 saturated carbocycles. The van der Waals surface area contributed by atoms with Crippen LogP contribution in [0.4, 0.5) is 0 Å². The van der Waals surface area contributed by atoms with Gasteiger partial charge in [-0.2, -0.15) is 5.10 Å². The number of nitrogens with zero attached hydrogens (tertiary/aromatic N) is 3. The SMILES string of the molecule is CCC(NC(=O)c1cncc(=O)[nH]1)c1ccnn1C. The number of aryl methyl sites for hydroxylation is 1. The molecular weight excluding hydrogens is 246 g/mol. The lowest BCUT2D eigenvalue weighted by atomic mass is 10.1. The van der Waals surface area contributed by atoms with Crippen molar-refractivity contribution in [2.24, 2.45) is 7.05 Å². The number of hydrogen-bond acceptors (Lipinski definition) is 4. The first-order chi connectivity index (χ1) is 9.11. The first-order valence-electron chi connectivity index (χ1n) is 5.95. The third kappa shape index (κ3) is 2.87. The van der Waals surface area contributed by atoms with Crippen molar-refractivity contribution in [3.8, 4) is 0 Å². The number of rotatable bonds is 4. The van der Waals surface area contributed by atoms with Gasteiger partial charge in [-0.3, -0.25) is 19.3 Å². The largest absolute Gasteiger partial charge is 0.342 e. The van der Waals surface area contributed by atoms with E-state index in [0.717, 1.165) is 18.3 Å². The fraction of sp³-hybridized carbons (Fsp3) is 0.333. The quantitative estimate of drug-likeness (QED) is 0.832. The number of aromatic nitrogens is 4. The number of aromatic amines is 1. The molecular formula is C12H15N5O2. The Hall–Kier alpha value is -2.44. The molecule has 1 unspecified atom stereocenters. The van der Waals surface area contributed by atoms with Crippen molar-refractivity contribution in [1.82, 2.24) is 25.1 Å². The van der Waals surface area contributed by atoms with Gasteiger partial charge >= 0.3 is 0 Å². The Balaban J connectivity index is 2.17. The number of nitrogens with one attached hydrogen (secondary N) is 2. The van der Waals surface area contributed by atoms with Crippen LogP contribution in [0.1, 0.15) is 35.6 Å². The van der Waals surface area contributed by atoms with Crippen molar-refractivity contribution in [2.75, 3.05) is 0 Å². The molecule has 7 heteroatoms. The predicted molar refractivity (Wildman–Crippen MR) is 68.6 cm³/mol. The molecule has 0 saturated heterocycles. The molecule has 0 spiro atoms. The Kier molecular flexibility index (Phi) is 3.74. The molecule has 1 amide bonds. The highest BCUT2D eigenvalue weighted by Crippen LogP contribution is 2.15. The normalized spacial score (nSPS) is 12.1. The number of carbonyl (C=O) groups excluding carboxylic acids is 1. The Morgan fingerprint density at radius 3 is 2.89 bits per heavy atom. The van der Waals surface area contributed by atoms with E-state index in [4.69, 9.17) is 0 Å². The lowest BCUT2D eigenvalue weighted by molar-refractivity contribution is 0.0928. The van der Waals surface area contributed by atoms with Crippen LogP contribution in [0.15, 0.2) is 29.5 Å². The van der Waals surface area contributed by atoms with Gasteiger partial charge in [-0.25, -0.2) is 0 Å². The van der Waals surface area contributed by atoms with Gasteiger partial charge in [0.05, 0.1) is 24.1 Å². The average molecular weight is 261 g/mol. The Morgan fingerprint density at radius 2 is 2.32 bits per heavy atom. The number of hydrogen-bond donors (Lipinski definition) is 2. The van der Waals surface area contributed by atoms with Crippen LogP contribution in [0.25, 0.3) is 0 Å². The molecule has 2 aromatic rings. The van der Waals surface area contributed by atoms with Crippen molar-refractivity contribution in [3.05, 3.63) is 46.4 Å². The van der Waals surface area contributed by atoms with Crippen molar-refractivity contribution in [1.29, 1.82) is 0 Å². The summed E-state index contributed by atoms with van der Waals surface area (Å²) in [6.45, 7) is 1.96. The highest BCUT2D eigenvalue weighted by molar-refractivity contribution is 5.92. The van der Waals surface area contributed by atoms with Crippen LogP contribution in [0.3, 0.4) is 0 Å². The highest BCUT2D eigenvalue weighted by Gasteiger charge is 2.17. The molecule has 0 bridgehead atoms. The van der Waals surface area contributed by atoms with Gasteiger partial charge in [-0.15, -0.1) is 0 Å². The molecule has 1 atom stereocenters. The first kappa shape index (κ1) is 13.0. The smallest absolute Gasteiger partial charge is 0.269 e. The molecule has 2 N–H and O–H groups in total. The maximum atomic E-state index is 12.0. The van der Waals surface area contributed by atoms with E-state index in [1.54, 1.807) is 10.9 Å². The first-order valence-corrected chi connectivity index (χ1v) is 5.95. The van der Waals surface area contributed by atoms with Crippen LogP contribution in [-0.4, -0.2) is 25.7 Å². The second kappa shape index (κ2) is 5.47. The molecule has 0 aliphatic carbocycles. The van der Waals surface area contributed by atoms with E-state index in [9.17, 15) is 9.59 Å². The molecule has 2 rings (SSSR count). The lowest BCUT2D eigenvalue weighted by Crippen LogP contribution is -2.31. The highest BCUT2D eigenvalue weighted by atomic mass is 16.2. The average Bonchev–Trinajstić information content (AvgIpc) is 2.82. The molecule has 7 nitrogen and oxygen atoms in total. The summed E-state index contributed by atoms with van der Waals surface area (Å²) >= 11 is 0. The van der Waals surface area contributed by atoms with Crippen LogP contribution in [-0.2, 0) is 7.05 Å². The fourth-order valence-electron chi connectivity index (χ4n) is 1.84. The summed E-state index contributed by atoms with van der Waals surface area (Å²) in [5.41, 5.74) is 0.649. The van der Waals surface area contributed by atoms with E-state index in [1.807, 2.05) is 20.0 Å². The van der Waals surface area contributed by atoms with Crippen molar-refractivity contribution in [2.45, 2.75) is 19.4 Å². The summed E-state index contributed by atoms with van der Waals surface area (Å²) in [5.74, 6) is -0.363. The summed E-state index contributed by atoms with van der Waals surface area (Å²) in [5, 5.41) is 6.92. The van der Waals surface area contributed by atoms with Gasteiger partial charge in [-0.1, -0.05) is 6.92 Å². The third-order valence-corrected chi connectivity index (χ3v) is 2.83. The van der Waals surface area contributed by atoms with Gasteiger partial charge in [0.2, 0.25) is 0 Å². The van der Waals surface area contributed by atoms with Crippen LogP contribution < -0.4 is 10.9 Å². The van der Waals surface area contributed by atoms with E-state index in [0.29, 0.717) is 0 Å². The molecule has 19 heavy (non-hydrogen) atoms. The zero-order valence-electron chi connectivity index (χ0n) is 10.8. The summed E-state index contributed by atoms with van der Waals surface area (Å²) in [4.78, 5) is 29.3. The Morgan fingerprint density at radius 1 is 1.53 bits per heavy atom. The fourth-order valence-corrected chi connectivity index (χ4v) is 1.84. The second-order valence-corrected chi connectivity index (χ2v) is 4.12. The van der Waals surface area contributed by atoms with Crippen molar-refractivity contribution in [3.63, 3.8) is 0 Å². The van der Waals surface area contributed by atoms with E-state index < -0.39 is 5.56 Å². The summed E-state index contributed by atoms with van der Waals surface area (Å²) in [6, 6.07) is 1.68. The molecule has 100 valence electrons. The van der Waals surface area contributed by atoms with E-state index in [-0.39, 0.29) is 17.6 Å². The summed E-state index contributed by atoms with van der Waals surface area (Å²) < 4.78 is 1.71. The second-order valence-electron chi connectivity index (χ2n) is 4.12.